The van der Waals surface area contributed by atoms with Crippen LogP contribution in [0.3, 0.4) is 0 Å². The zero-order chi connectivity index (χ0) is 10.0. The molecule has 0 radical (unpaired) electrons. The molecule has 1 heterocycles. The standard InChI is InChI=1S/C7H8Br2N2OS/c8-3-1-5(13-7(3)9)4(10)2-6(11)12/h1,4H,2,10H2,(H2,11,12)/t4-/m0/s1. The number of rotatable bonds is 3. The molecule has 1 amide bonds. The van der Waals surface area contributed by atoms with Crippen LogP contribution in [0.25, 0.3) is 0 Å². The molecule has 1 atom stereocenters. The first-order valence-corrected chi connectivity index (χ1v) is 5.89. The fraction of sp³-hybridized carbons (Fsp3) is 0.286. The highest BCUT2D eigenvalue weighted by Crippen LogP contribution is 2.35. The second kappa shape index (κ2) is 4.54. The predicted molar refractivity (Wildman–Crippen MR) is 60.5 cm³/mol. The highest BCUT2D eigenvalue weighted by Gasteiger charge is 2.13. The van der Waals surface area contributed by atoms with Crippen LogP contribution in [0.2, 0.25) is 0 Å². The predicted octanol–water partition coefficient (Wildman–Crippen LogP) is 2.15. The Hall–Kier alpha value is 0.0900. The Morgan fingerprint density at radius 2 is 2.23 bits per heavy atom. The minimum absolute atomic E-state index is 0.180. The van der Waals surface area contributed by atoms with Crippen LogP contribution in [0.1, 0.15) is 17.3 Å². The summed E-state index contributed by atoms with van der Waals surface area (Å²) in [6.45, 7) is 0. The molecule has 0 aliphatic rings. The molecule has 1 aromatic heterocycles. The van der Waals surface area contributed by atoms with Crippen LogP contribution in [-0.2, 0) is 4.79 Å². The third-order valence-corrected chi connectivity index (χ3v) is 4.84. The van der Waals surface area contributed by atoms with Crippen molar-refractivity contribution in [1.29, 1.82) is 0 Å². The van der Waals surface area contributed by atoms with Crippen LogP contribution in [0.4, 0.5) is 0 Å². The van der Waals surface area contributed by atoms with Crippen molar-refractivity contribution in [1.82, 2.24) is 0 Å². The first kappa shape index (κ1) is 11.2. The maximum absolute atomic E-state index is 10.6. The molecule has 6 heteroatoms. The lowest BCUT2D eigenvalue weighted by Gasteiger charge is -2.04. The lowest BCUT2D eigenvalue weighted by Crippen LogP contribution is -2.19. The van der Waals surface area contributed by atoms with Gasteiger partial charge in [0.25, 0.3) is 0 Å². The number of halogens is 2. The normalized spacial score (nSPS) is 12.8. The monoisotopic (exact) mass is 326 g/mol. The lowest BCUT2D eigenvalue weighted by atomic mass is 10.2. The number of primary amides is 1. The van der Waals surface area contributed by atoms with Crippen LogP contribution in [0.5, 0.6) is 0 Å². The van der Waals surface area contributed by atoms with Crippen molar-refractivity contribution in [3.05, 3.63) is 19.2 Å². The van der Waals surface area contributed by atoms with Gasteiger partial charge in [-0.1, -0.05) is 0 Å². The second-order valence-electron chi connectivity index (χ2n) is 2.55. The van der Waals surface area contributed by atoms with Crippen molar-refractivity contribution in [2.45, 2.75) is 12.5 Å². The molecule has 3 nitrogen and oxygen atoms in total. The van der Waals surface area contributed by atoms with E-state index in [4.69, 9.17) is 11.5 Å². The number of hydrogen-bond donors (Lipinski definition) is 2. The topological polar surface area (TPSA) is 69.1 Å². The van der Waals surface area contributed by atoms with E-state index in [1.54, 1.807) is 0 Å². The van der Waals surface area contributed by atoms with Crippen molar-refractivity contribution >= 4 is 49.1 Å². The van der Waals surface area contributed by atoms with Crippen molar-refractivity contribution < 1.29 is 4.79 Å². The molecule has 0 spiro atoms. The van der Waals surface area contributed by atoms with Gasteiger partial charge < -0.3 is 11.5 Å². The summed E-state index contributed by atoms with van der Waals surface area (Å²) in [6, 6.07) is 1.59. The molecular weight excluding hydrogens is 320 g/mol. The third-order valence-electron chi connectivity index (χ3n) is 1.45. The molecule has 72 valence electrons. The van der Waals surface area contributed by atoms with E-state index < -0.39 is 0 Å². The smallest absolute Gasteiger partial charge is 0.219 e. The highest BCUT2D eigenvalue weighted by molar-refractivity contribution is 9.13. The zero-order valence-corrected chi connectivity index (χ0v) is 10.6. The summed E-state index contributed by atoms with van der Waals surface area (Å²) in [7, 11) is 0. The molecule has 1 aromatic rings. The van der Waals surface area contributed by atoms with E-state index in [-0.39, 0.29) is 18.4 Å². The summed E-state index contributed by atoms with van der Waals surface area (Å²) in [5.74, 6) is -0.381. The Bertz CT molecular complexity index is 307. The minimum atomic E-state index is -0.381. The van der Waals surface area contributed by atoms with Gasteiger partial charge in [0.15, 0.2) is 0 Å². The summed E-state index contributed by atoms with van der Waals surface area (Å²) in [4.78, 5) is 11.5. The Labute approximate surface area is 96.7 Å². The first-order valence-electron chi connectivity index (χ1n) is 3.49. The minimum Gasteiger partial charge on any atom is -0.370 e. The first-order chi connectivity index (χ1) is 6.00. The fourth-order valence-electron chi connectivity index (χ4n) is 0.863. The Morgan fingerprint density at radius 1 is 1.62 bits per heavy atom. The van der Waals surface area contributed by atoms with Gasteiger partial charge in [-0.25, -0.2) is 0 Å². The number of hydrogen-bond acceptors (Lipinski definition) is 3. The van der Waals surface area contributed by atoms with Gasteiger partial charge in [-0.05, 0) is 37.9 Å². The molecule has 13 heavy (non-hydrogen) atoms. The van der Waals surface area contributed by atoms with Crippen LogP contribution in [0, 0.1) is 0 Å². The number of amides is 1. The van der Waals surface area contributed by atoms with E-state index in [2.05, 4.69) is 31.9 Å². The SMILES string of the molecule is NC(=O)C[C@H](N)c1cc(Br)c(Br)s1. The van der Waals surface area contributed by atoms with Crippen LogP contribution < -0.4 is 11.5 Å². The molecule has 0 bridgehead atoms. The molecule has 0 aliphatic heterocycles. The van der Waals surface area contributed by atoms with Gasteiger partial charge in [-0.2, -0.15) is 0 Å². The molecule has 0 unspecified atom stereocenters. The van der Waals surface area contributed by atoms with E-state index >= 15 is 0 Å². The van der Waals surface area contributed by atoms with Crippen LogP contribution in [-0.4, -0.2) is 5.91 Å². The average molecular weight is 328 g/mol. The van der Waals surface area contributed by atoms with Crippen LogP contribution in [0.15, 0.2) is 14.3 Å². The Morgan fingerprint density at radius 3 is 2.62 bits per heavy atom. The van der Waals surface area contributed by atoms with Crippen molar-refractivity contribution in [3.8, 4) is 0 Å². The number of thiophene rings is 1. The van der Waals surface area contributed by atoms with Crippen molar-refractivity contribution in [2.75, 3.05) is 0 Å². The summed E-state index contributed by atoms with van der Waals surface area (Å²) >= 11 is 8.19. The summed E-state index contributed by atoms with van der Waals surface area (Å²) in [6.07, 6.45) is 0.180. The number of carbonyl (C=O) groups is 1. The lowest BCUT2D eigenvalue weighted by molar-refractivity contribution is -0.118. The fourth-order valence-corrected chi connectivity index (χ4v) is 2.95. The molecule has 0 aliphatic carbocycles. The van der Waals surface area contributed by atoms with Gasteiger partial charge in [0.05, 0.1) is 3.79 Å². The van der Waals surface area contributed by atoms with E-state index in [1.165, 1.54) is 11.3 Å². The Kier molecular flexibility index (Phi) is 3.90. The van der Waals surface area contributed by atoms with Crippen molar-refractivity contribution in [2.24, 2.45) is 11.5 Å². The van der Waals surface area contributed by atoms with E-state index in [0.29, 0.717) is 0 Å². The molecule has 0 fully saturated rings. The number of carbonyl (C=O) groups excluding carboxylic acids is 1. The molecule has 4 N–H and O–H groups in total. The average Bonchev–Trinajstić information content (AvgIpc) is 2.31. The highest BCUT2D eigenvalue weighted by atomic mass is 79.9. The van der Waals surface area contributed by atoms with Gasteiger partial charge >= 0.3 is 0 Å². The zero-order valence-electron chi connectivity index (χ0n) is 6.59. The maximum Gasteiger partial charge on any atom is 0.219 e. The summed E-state index contributed by atoms with van der Waals surface area (Å²) in [5.41, 5.74) is 10.8. The summed E-state index contributed by atoms with van der Waals surface area (Å²) < 4.78 is 1.93. The van der Waals surface area contributed by atoms with Crippen molar-refractivity contribution in [3.63, 3.8) is 0 Å². The van der Waals surface area contributed by atoms with Gasteiger partial charge in [-0.3, -0.25) is 4.79 Å². The Balaban J connectivity index is 2.77. The number of nitrogens with two attached hydrogens (primary N) is 2. The van der Waals surface area contributed by atoms with E-state index in [9.17, 15) is 4.79 Å². The summed E-state index contributed by atoms with van der Waals surface area (Å²) in [5, 5.41) is 0. The molecule has 1 rings (SSSR count). The molecule has 0 saturated carbocycles. The maximum atomic E-state index is 10.6. The quantitative estimate of drug-likeness (QED) is 0.893. The third kappa shape index (κ3) is 3.05. The second-order valence-corrected chi connectivity index (χ2v) is 5.80. The largest absolute Gasteiger partial charge is 0.370 e. The molecule has 0 saturated heterocycles. The molecule has 0 aromatic carbocycles. The van der Waals surface area contributed by atoms with E-state index in [0.717, 1.165) is 13.1 Å². The van der Waals surface area contributed by atoms with Gasteiger partial charge in [0.2, 0.25) is 5.91 Å². The van der Waals surface area contributed by atoms with Gasteiger partial charge in [-0.15, -0.1) is 11.3 Å². The van der Waals surface area contributed by atoms with E-state index in [1.807, 2.05) is 6.07 Å². The van der Waals surface area contributed by atoms with Gasteiger partial charge in [0.1, 0.15) is 0 Å². The molecular formula is C7H8Br2N2OS. The van der Waals surface area contributed by atoms with Gasteiger partial charge in [0, 0.05) is 21.8 Å². The van der Waals surface area contributed by atoms with Crippen LogP contribution >= 0.6 is 43.2 Å².